The molecule has 6 nitrogen and oxygen atoms in total. The molecule has 0 fully saturated rings. The van der Waals surface area contributed by atoms with Gasteiger partial charge in [0, 0.05) is 25.6 Å². The first-order chi connectivity index (χ1) is 10.1. The zero-order valence-corrected chi connectivity index (χ0v) is 12.9. The molecule has 0 spiro atoms. The number of rotatable bonds is 7. The normalized spacial score (nSPS) is 15.3. The quantitative estimate of drug-likeness (QED) is 0.738. The Morgan fingerprint density at radius 1 is 1.38 bits per heavy atom. The number of amides is 2. The van der Waals surface area contributed by atoms with Crippen LogP contribution in [-0.2, 0) is 14.3 Å². The highest BCUT2D eigenvalue weighted by molar-refractivity contribution is 7.11. The lowest BCUT2D eigenvalue weighted by atomic mass is 10.2. The van der Waals surface area contributed by atoms with Crippen LogP contribution >= 0.6 is 11.3 Å². The van der Waals surface area contributed by atoms with E-state index in [9.17, 15) is 9.59 Å². The van der Waals surface area contributed by atoms with E-state index in [4.69, 9.17) is 9.84 Å². The van der Waals surface area contributed by atoms with Crippen molar-refractivity contribution < 1.29 is 19.4 Å². The van der Waals surface area contributed by atoms with Gasteiger partial charge in [0.25, 0.3) is 11.8 Å². The van der Waals surface area contributed by atoms with Gasteiger partial charge >= 0.3 is 0 Å². The van der Waals surface area contributed by atoms with Crippen LogP contribution in [0.3, 0.4) is 0 Å². The summed E-state index contributed by atoms with van der Waals surface area (Å²) < 4.78 is 4.95. The summed E-state index contributed by atoms with van der Waals surface area (Å²) in [6.45, 7) is 0.726. The second kappa shape index (κ2) is 6.84. The molecule has 0 saturated heterocycles. The van der Waals surface area contributed by atoms with Crippen LogP contribution in [-0.4, -0.2) is 67.2 Å². The minimum Gasteiger partial charge on any atom is -0.395 e. The fourth-order valence-corrected chi connectivity index (χ4v) is 2.97. The number of thiophene rings is 1. The van der Waals surface area contributed by atoms with E-state index in [1.165, 1.54) is 23.3 Å². The molecule has 114 valence electrons. The van der Waals surface area contributed by atoms with Crippen LogP contribution in [0.25, 0.3) is 5.57 Å². The Bertz CT molecular complexity index is 553. The molecule has 1 aromatic rings. The highest BCUT2D eigenvalue weighted by atomic mass is 32.1. The average Bonchev–Trinajstić information content (AvgIpc) is 3.05. The molecule has 0 bridgehead atoms. The standard InChI is InChI=1S/C14H18N2O4S/c1-15(5-7-17)12-11(10-4-3-9-21-10)13(18)16(14(12)19)6-8-20-2/h3-4,9,17H,5-8H2,1-2H3. The zero-order valence-electron chi connectivity index (χ0n) is 12.0. The Morgan fingerprint density at radius 3 is 2.71 bits per heavy atom. The number of nitrogens with zero attached hydrogens (tertiary/aromatic N) is 2. The van der Waals surface area contributed by atoms with E-state index in [-0.39, 0.29) is 25.0 Å². The van der Waals surface area contributed by atoms with Crippen LogP contribution in [0, 0.1) is 0 Å². The molecular weight excluding hydrogens is 292 g/mol. The average molecular weight is 310 g/mol. The van der Waals surface area contributed by atoms with Crippen LogP contribution < -0.4 is 0 Å². The Morgan fingerprint density at radius 2 is 2.14 bits per heavy atom. The molecule has 1 aromatic heterocycles. The summed E-state index contributed by atoms with van der Waals surface area (Å²) in [5.74, 6) is -0.643. The van der Waals surface area contributed by atoms with E-state index < -0.39 is 0 Å². The Labute approximate surface area is 127 Å². The molecule has 0 radical (unpaired) electrons. The highest BCUT2D eigenvalue weighted by Gasteiger charge is 2.40. The van der Waals surface area contributed by atoms with Gasteiger partial charge in [-0.1, -0.05) is 6.07 Å². The molecular formula is C14H18N2O4S. The number of likely N-dealkylation sites (N-methyl/N-ethyl adjacent to an activating group) is 1. The molecule has 0 aromatic carbocycles. The second-order valence-corrected chi connectivity index (χ2v) is 5.55. The Balaban J connectivity index is 2.40. The summed E-state index contributed by atoms with van der Waals surface area (Å²) in [6.07, 6.45) is 0. The first-order valence-corrected chi connectivity index (χ1v) is 7.45. The summed E-state index contributed by atoms with van der Waals surface area (Å²) in [6, 6.07) is 3.66. The van der Waals surface area contributed by atoms with Crippen molar-refractivity contribution in [2.45, 2.75) is 0 Å². The van der Waals surface area contributed by atoms with Gasteiger partial charge in [0.15, 0.2) is 0 Å². The smallest absolute Gasteiger partial charge is 0.277 e. The number of carbonyl (C=O) groups excluding carboxylic acids is 2. The van der Waals surface area contributed by atoms with Crippen LogP contribution in [0.4, 0.5) is 0 Å². The Kier molecular flexibility index (Phi) is 5.11. The lowest BCUT2D eigenvalue weighted by Gasteiger charge is -2.20. The first kappa shape index (κ1) is 15.7. The van der Waals surface area contributed by atoms with E-state index in [2.05, 4.69) is 0 Å². The molecule has 2 heterocycles. The van der Waals surface area contributed by atoms with E-state index >= 15 is 0 Å². The molecule has 1 aliphatic heterocycles. The van der Waals surface area contributed by atoms with Gasteiger partial charge in [-0.15, -0.1) is 11.3 Å². The van der Waals surface area contributed by atoms with Gasteiger partial charge in [-0.05, 0) is 11.4 Å². The van der Waals surface area contributed by atoms with E-state index in [1.54, 1.807) is 11.9 Å². The van der Waals surface area contributed by atoms with E-state index in [1.807, 2.05) is 17.5 Å². The van der Waals surface area contributed by atoms with Crippen molar-refractivity contribution >= 4 is 28.7 Å². The molecule has 0 atom stereocenters. The van der Waals surface area contributed by atoms with Gasteiger partial charge in [-0.25, -0.2) is 0 Å². The number of hydrogen-bond acceptors (Lipinski definition) is 6. The third-order valence-corrected chi connectivity index (χ3v) is 4.13. The summed E-state index contributed by atoms with van der Waals surface area (Å²) >= 11 is 1.41. The second-order valence-electron chi connectivity index (χ2n) is 4.60. The molecule has 7 heteroatoms. The summed E-state index contributed by atoms with van der Waals surface area (Å²) in [7, 11) is 3.22. The largest absolute Gasteiger partial charge is 0.395 e. The van der Waals surface area contributed by atoms with Crippen molar-refractivity contribution in [1.82, 2.24) is 9.80 Å². The summed E-state index contributed by atoms with van der Waals surface area (Å²) in [4.78, 5) is 28.6. The number of aliphatic hydroxyl groups is 1. The highest BCUT2D eigenvalue weighted by Crippen LogP contribution is 2.33. The number of ether oxygens (including phenoxy) is 1. The SMILES string of the molecule is COCCN1C(=O)C(c2cccs2)=C(N(C)CCO)C1=O. The minimum absolute atomic E-state index is 0.0860. The van der Waals surface area contributed by atoms with E-state index in [0.29, 0.717) is 24.4 Å². The van der Waals surface area contributed by atoms with Gasteiger partial charge in [0.1, 0.15) is 5.70 Å². The van der Waals surface area contributed by atoms with E-state index in [0.717, 1.165) is 4.88 Å². The molecule has 0 saturated carbocycles. The topological polar surface area (TPSA) is 70.1 Å². The minimum atomic E-state index is -0.337. The van der Waals surface area contributed by atoms with Crippen LogP contribution in [0.2, 0.25) is 0 Å². The summed E-state index contributed by atoms with van der Waals surface area (Å²) in [5, 5.41) is 10.9. The van der Waals surface area contributed by atoms with Crippen molar-refractivity contribution in [2.24, 2.45) is 0 Å². The van der Waals surface area contributed by atoms with Crippen LogP contribution in [0.1, 0.15) is 4.88 Å². The number of carbonyl (C=O) groups is 2. The maximum absolute atomic E-state index is 12.5. The van der Waals surface area contributed by atoms with Crippen molar-refractivity contribution in [3.63, 3.8) is 0 Å². The Hall–Kier alpha value is -1.70. The van der Waals surface area contributed by atoms with Gasteiger partial charge < -0.3 is 14.7 Å². The zero-order chi connectivity index (χ0) is 15.4. The number of aliphatic hydroxyl groups excluding tert-OH is 1. The van der Waals surface area contributed by atoms with Gasteiger partial charge in [0.2, 0.25) is 0 Å². The van der Waals surface area contributed by atoms with Gasteiger partial charge in [0.05, 0.1) is 25.3 Å². The molecule has 2 amide bonds. The molecule has 0 aliphatic carbocycles. The van der Waals surface area contributed by atoms with Crippen molar-refractivity contribution in [2.75, 3.05) is 40.5 Å². The number of imide groups is 1. The molecule has 2 rings (SSSR count). The maximum Gasteiger partial charge on any atom is 0.277 e. The predicted molar refractivity (Wildman–Crippen MR) is 79.6 cm³/mol. The summed E-state index contributed by atoms with van der Waals surface area (Å²) in [5.41, 5.74) is 0.745. The van der Waals surface area contributed by atoms with Gasteiger partial charge in [-0.3, -0.25) is 14.5 Å². The lowest BCUT2D eigenvalue weighted by molar-refractivity contribution is -0.138. The van der Waals surface area contributed by atoms with Crippen molar-refractivity contribution in [1.29, 1.82) is 0 Å². The fourth-order valence-electron chi connectivity index (χ4n) is 2.21. The molecule has 0 unspecified atom stereocenters. The van der Waals surface area contributed by atoms with Crippen molar-refractivity contribution in [3.05, 3.63) is 28.1 Å². The van der Waals surface area contributed by atoms with Crippen LogP contribution in [0.15, 0.2) is 23.2 Å². The first-order valence-electron chi connectivity index (χ1n) is 6.57. The number of hydrogen-bond donors (Lipinski definition) is 1. The van der Waals surface area contributed by atoms with Crippen molar-refractivity contribution in [3.8, 4) is 0 Å². The molecule has 21 heavy (non-hydrogen) atoms. The number of methoxy groups -OCH3 is 1. The monoisotopic (exact) mass is 310 g/mol. The predicted octanol–water partition coefficient (Wildman–Crippen LogP) is 0.398. The molecule has 1 aliphatic rings. The molecule has 1 N–H and O–H groups in total. The van der Waals surface area contributed by atoms with Gasteiger partial charge in [-0.2, -0.15) is 0 Å². The lowest BCUT2D eigenvalue weighted by Crippen LogP contribution is -2.37. The maximum atomic E-state index is 12.5. The third kappa shape index (κ3) is 2.99. The van der Waals surface area contributed by atoms with Crippen LogP contribution in [0.5, 0.6) is 0 Å². The fraction of sp³-hybridized carbons (Fsp3) is 0.429. The third-order valence-electron chi connectivity index (χ3n) is 3.25.